The zero-order chi connectivity index (χ0) is 10.9. The molecule has 2 rings (SSSR count). The summed E-state index contributed by atoms with van der Waals surface area (Å²) >= 11 is 0. The van der Waals surface area contributed by atoms with E-state index in [1.807, 2.05) is 25.5 Å². The van der Waals surface area contributed by atoms with Crippen LogP contribution in [0.2, 0.25) is 0 Å². The number of halogens is 1. The van der Waals surface area contributed by atoms with E-state index in [-0.39, 0.29) is 12.4 Å². The molecule has 0 aliphatic carbocycles. The minimum absolute atomic E-state index is 0. The van der Waals surface area contributed by atoms with Crippen molar-refractivity contribution < 1.29 is 4.57 Å². The molecule has 1 fully saturated rings. The lowest BCUT2D eigenvalue weighted by Gasteiger charge is -2.12. The molecule has 2 nitrogen and oxygen atoms in total. The summed E-state index contributed by atoms with van der Waals surface area (Å²) < 4.78 is 12.0. The molecular weight excluding hydrogens is 241 g/mol. The summed E-state index contributed by atoms with van der Waals surface area (Å²) in [4.78, 5) is 0. The highest BCUT2D eigenvalue weighted by atomic mass is 35.5. The monoisotopic (exact) mass is 259 g/mol. The molecule has 0 saturated carbocycles. The zero-order valence-electron chi connectivity index (χ0n) is 9.77. The number of hydrogen-bond donors (Lipinski definition) is 1. The van der Waals surface area contributed by atoms with Crippen LogP contribution in [-0.4, -0.2) is 26.4 Å². The molecule has 0 amide bonds. The molecular formula is C12H19ClNOP. The number of nitrogens with one attached hydrogen (secondary N) is 1. The predicted molar refractivity (Wildman–Crippen MR) is 73.0 cm³/mol. The lowest BCUT2D eigenvalue weighted by molar-refractivity contribution is 0.588. The molecule has 1 aliphatic heterocycles. The Hall–Kier alpha value is -0.300. The van der Waals surface area contributed by atoms with Crippen molar-refractivity contribution in [2.24, 2.45) is 0 Å². The number of benzene rings is 1. The van der Waals surface area contributed by atoms with Crippen LogP contribution < -0.4 is 10.6 Å². The van der Waals surface area contributed by atoms with Crippen LogP contribution in [0.15, 0.2) is 24.3 Å². The maximum atomic E-state index is 12.0. The van der Waals surface area contributed by atoms with Crippen molar-refractivity contribution in [2.75, 3.05) is 26.4 Å². The second-order valence-electron chi connectivity index (χ2n) is 4.64. The minimum atomic E-state index is -2.11. The van der Waals surface area contributed by atoms with Crippen LogP contribution in [0.5, 0.6) is 0 Å². The third kappa shape index (κ3) is 3.10. The van der Waals surface area contributed by atoms with Gasteiger partial charge < -0.3 is 9.88 Å². The first-order valence-corrected chi connectivity index (χ1v) is 8.04. The first kappa shape index (κ1) is 13.8. The van der Waals surface area contributed by atoms with Gasteiger partial charge in [0, 0.05) is 11.8 Å². The molecule has 1 aliphatic rings. The highest BCUT2D eigenvalue weighted by Crippen LogP contribution is 2.35. The molecule has 0 radical (unpaired) electrons. The molecule has 1 aromatic rings. The van der Waals surface area contributed by atoms with Crippen LogP contribution >= 0.6 is 19.5 Å². The van der Waals surface area contributed by atoms with Gasteiger partial charge >= 0.3 is 0 Å². The SMILES string of the molecule is CP(C)(=O)c1cccc(C2CCNC2)c1.Cl. The van der Waals surface area contributed by atoms with Gasteiger partial charge in [0.15, 0.2) is 0 Å². The minimum Gasteiger partial charge on any atom is -0.319 e. The van der Waals surface area contributed by atoms with Crippen LogP contribution in [-0.2, 0) is 4.57 Å². The van der Waals surface area contributed by atoms with Crippen molar-refractivity contribution >= 4 is 24.9 Å². The lowest BCUT2D eigenvalue weighted by Crippen LogP contribution is -2.10. The van der Waals surface area contributed by atoms with E-state index < -0.39 is 7.14 Å². The maximum absolute atomic E-state index is 12.0. The third-order valence-electron chi connectivity index (χ3n) is 3.02. The summed E-state index contributed by atoms with van der Waals surface area (Å²) in [6, 6.07) is 8.28. The molecule has 0 spiro atoms. The molecule has 1 atom stereocenters. The van der Waals surface area contributed by atoms with Gasteiger partial charge in [-0.1, -0.05) is 18.2 Å². The lowest BCUT2D eigenvalue weighted by atomic mass is 9.99. The Bertz CT molecular complexity index is 396. The summed E-state index contributed by atoms with van der Waals surface area (Å²) in [5.74, 6) is 0.608. The zero-order valence-corrected chi connectivity index (χ0v) is 11.5. The second-order valence-corrected chi connectivity index (χ2v) is 7.85. The standard InChI is InChI=1S/C12H18NOP.ClH/c1-15(2,14)12-5-3-4-10(8-12)11-6-7-13-9-11;/h3-5,8,11,13H,6-7,9H2,1-2H3;1H. The molecule has 1 unspecified atom stereocenters. The van der Waals surface area contributed by atoms with Crippen molar-refractivity contribution in [1.29, 1.82) is 0 Å². The Labute approximate surface area is 104 Å². The van der Waals surface area contributed by atoms with Crippen molar-refractivity contribution in [2.45, 2.75) is 12.3 Å². The smallest absolute Gasteiger partial charge is 0.109 e. The topological polar surface area (TPSA) is 29.1 Å². The first-order valence-electron chi connectivity index (χ1n) is 5.43. The first-order chi connectivity index (χ1) is 7.07. The van der Waals surface area contributed by atoms with Crippen molar-refractivity contribution in [3.63, 3.8) is 0 Å². The van der Waals surface area contributed by atoms with Gasteiger partial charge in [-0.15, -0.1) is 12.4 Å². The summed E-state index contributed by atoms with van der Waals surface area (Å²) in [6.07, 6.45) is 1.20. The maximum Gasteiger partial charge on any atom is 0.109 e. The van der Waals surface area contributed by atoms with E-state index in [0.29, 0.717) is 5.92 Å². The van der Waals surface area contributed by atoms with E-state index in [1.165, 1.54) is 12.0 Å². The van der Waals surface area contributed by atoms with Crippen molar-refractivity contribution in [1.82, 2.24) is 5.32 Å². The largest absolute Gasteiger partial charge is 0.319 e. The van der Waals surface area contributed by atoms with E-state index in [2.05, 4.69) is 17.4 Å². The summed E-state index contributed by atoms with van der Waals surface area (Å²) in [7, 11) is -2.11. The number of rotatable bonds is 2. The van der Waals surface area contributed by atoms with Crippen LogP contribution in [0.3, 0.4) is 0 Å². The van der Waals surface area contributed by atoms with Crippen LogP contribution in [0.4, 0.5) is 0 Å². The molecule has 0 bridgehead atoms. The van der Waals surface area contributed by atoms with E-state index in [0.717, 1.165) is 18.4 Å². The van der Waals surface area contributed by atoms with Crippen molar-refractivity contribution in [3.8, 4) is 0 Å². The molecule has 1 N–H and O–H groups in total. The Morgan fingerprint density at radius 2 is 2.12 bits per heavy atom. The highest BCUT2D eigenvalue weighted by molar-refractivity contribution is 7.70. The van der Waals surface area contributed by atoms with Crippen LogP contribution in [0.1, 0.15) is 17.9 Å². The van der Waals surface area contributed by atoms with Gasteiger partial charge in [0.25, 0.3) is 0 Å². The fourth-order valence-electron chi connectivity index (χ4n) is 2.05. The van der Waals surface area contributed by atoms with Crippen LogP contribution in [0, 0.1) is 0 Å². The second kappa shape index (κ2) is 5.35. The van der Waals surface area contributed by atoms with Gasteiger partial charge in [0.05, 0.1) is 0 Å². The fourth-order valence-corrected chi connectivity index (χ4v) is 2.96. The average molecular weight is 260 g/mol. The molecule has 4 heteroatoms. The summed E-state index contributed by atoms with van der Waals surface area (Å²) in [5, 5.41) is 4.37. The normalized spacial score (nSPS) is 20.5. The van der Waals surface area contributed by atoms with Gasteiger partial charge in [-0.2, -0.15) is 0 Å². The number of hydrogen-bond acceptors (Lipinski definition) is 2. The Balaban J connectivity index is 0.00000128. The van der Waals surface area contributed by atoms with E-state index in [9.17, 15) is 4.57 Å². The Morgan fingerprint density at radius 3 is 2.69 bits per heavy atom. The quantitative estimate of drug-likeness (QED) is 0.827. The molecule has 1 heterocycles. The van der Waals surface area contributed by atoms with Gasteiger partial charge in [-0.05, 0) is 43.8 Å². The Kier molecular flexibility index (Phi) is 4.61. The van der Waals surface area contributed by atoms with Crippen molar-refractivity contribution in [3.05, 3.63) is 29.8 Å². The predicted octanol–water partition coefficient (Wildman–Crippen LogP) is 2.43. The molecule has 90 valence electrons. The molecule has 16 heavy (non-hydrogen) atoms. The van der Waals surface area contributed by atoms with Gasteiger partial charge in [-0.25, -0.2) is 0 Å². The van der Waals surface area contributed by atoms with E-state index in [1.54, 1.807) is 0 Å². The average Bonchev–Trinajstić information content (AvgIpc) is 2.69. The van der Waals surface area contributed by atoms with Gasteiger partial charge in [0.1, 0.15) is 7.14 Å². The van der Waals surface area contributed by atoms with Crippen LogP contribution in [0.25, 0.3) is 0 Å². The summed E-state index contributed by atoms with van der Waals surface area (Å²) in [5.41, 5.74) is 1.33. The van der Waals surface area contributed by atoms with E-state index in [4.69, 9.17) is 0 Å². The molecule has 1 saturated heterocycles. The van der Waals surface area contributed by atoms with E-state index >= 15 is 0 Å². The summed E-state index contributed by atoms with van der Waals surface area (Å²) in [6.45, 7) is 5.82. The highest BCUT2D eigenvalue weighted by Gasteiger charge is 2.18. The Morgan fingerprint density at radius 1 is 1.38 bits per heavy atom. The molecule has 0 aromatic heterocycles. The molecule has 1 aromatic carbocycles. The van der Waals surface area contributed by atoms with Gasteiger partial charge in [0.2, 0.25) is 0 Å². The fraction of sp³-hybridized carbons (Fsp3) is 0.500. The third-order valence-corrected chi connectivity index (χ3v) is 4.55. The van der Waals surface area contributed by atoms with Gasteiger partial charge in [-0.3, -0.25) is 0 Å².